The van der Waals surface area contributed by atoms with Crippen molar-refractivity contribution in [3.05, 3.63) is 20.8 Å². The standard InChI is InChI=1S/C10H15N5O2/c1-3-5-15-7-6(8(16)14-10(15)17)12-9(13-7)11-4-2/h3-5H2,1-2H3,(H2,11,12,13)(H,14,16,17). The van der Waals surface area contributed by atoms with Gasteiger partial charge in [0.2, 0.25) is 5.95 Å². The van der Waals surface area contributed by atoms with Crippen LogP contribution in [0.25, 0.3) is 11.2 Å². The van der Waals surface area contributed by atoms with Gasteiger partial charge in [0, 0.05) is 13.1 Å². The van der Waals surface area contributed by atoms with E-state index in [0.717, 1.165) is 6.42 Å². The van der Waals surface area contributed by atoms with E-state index in [2.05, 4.69) is 20.3 Å². The van der Waals surface area contributed by atoms with E-state index in [1.165, 1.54) is 4.57 Å². The zero-order valence-electron chi connectivity index (χ0n) is 9.83. The Bertz CT molecular complexity index is 636. The molecule has 0 aliphatic rings. The molecule has 3 N–H and O–H groups in total. The normalized spacial score (nSPS) is 10.9. The quantitative estimate of drug-likeness (QED) is 0.710. The summed E-state index contributed by atoms with van der Waals surface area (Å²) in [5.41, 5.74) is -0.126. The van der Waals surface area contributed by atoms with Gasteiger partial charge in [-0.15, -0.1) is 0 Å². The number of fused-ring (bicyclic) bond motifs is 1. The molecule has 7 heteroatoms. The maximum atomic E-state index is 11.6. The van der Waals surface area contributed by atoms with Crippen LogP contribution in [0.3, 0.4) is 0 Å². The largest absolute Gasteiger partial charge is 0.356 e. The first-order chi connectivity index (χ1) is 8.17. The van der Waals surface area contributed by atoms with E-state index < -0.39 is 11.2 Å². The third kappa shape index (κ3) is 1.95. The Kier molecular flexibility index (Phi) is 2.99. The topological polar surface area (TPSA) is 95.6 Å². The van der Waals surface area contributed by atoms with Crippen LogP contribution in [0.1, 0.15) is 20.3 Å². The van der Waals surface area contributed by atoms with Crippen LogP contribution in [0, 0.1) is 0 Å². The van der Waals surface area contributed by atoms with Crippen molar-refractivity contribution in [1.29, 1.82) is 0 Å². The van der Waals surface area contributed by atoms with Crippen molar-refractivity contribution in [2.24, 2.45) is 0 Å². The van der Waals surface area contributed by atoms with Crippen LogP contribution in [-0.2, 0) is 6.54 Å². The molecule has 2 heterocycles. The lowest BCUT2D eigenvalue weighted by molar-refractivity contribution is 0.653. The molecule has 0 aliphatic carbocycles. The first kappa shape index (κ1) is 11.4. The zero-order chi connectivity index (χ0) is 12.4. The monoisotopic (exact) mass is 237 g/mol. The second-order valence-electron chi connectivity index (χ2n) is 3.73. The summed E-state index contributed by atoms with van der Waals surface area (Å²) in [6.07, 6.45) is 0.796. The van der Waals surface area contributed by atoms with Crippen LogP contribution in [0.4, 0.5) is 5.95 Å². The number of nitrogens with one attached hydrogen (secondary N) is 3. The number of aromatic amines is 2. The molecule has 0 saturated carbocycles. The second kappa shape index (κ2) is 4.44. The number of rotatable bonds is 4. The molecule has 17 heavy (non-hydrogen) atoms. The van der Waals surface area contributed by atoms with Crippen LogP contribution < -0.4 is 16.6 Å². The molecule has 0 aromatic carbocycles. The van der Waals surface area contributed by atoms with Crippen molar-refractivity contribution in [2.75, 3.05) is 11.9 Å². The summed E-state index contributed by atoms with van der Waals surface area (Å²) < 4.78 is 1.47. The molecule has 0 spiro atoms. The molecule has 0 atom stereocenters. The minimum absolute atomic E-state index is 0.328. The highest BCUT2D eigenvalue weighted by Gasteiger charge is 2.11. The lowest BCUT2D eigenvalue weighted by Crippen LogP contribution is -2.30. The van der Waals surface area contributed by atoms with Gasteiger partial charge in [-0.3, -0.25) is 14.3 Å². The first-order valence-electron chi connectivity index (χ1n) is 5.64. The van der Waals surface area contributed by atoms with Gasteiger partial charge < -0.3 is 10.3 Å². The first-order valence-corrected chi connectivity index (χ1v) is 5.64. The molecule has 0 fully saturated rings. The molecule has 7 nitrogen and oxygen atoms in total. The average Bonchev–Trinajstić information content (AvgIpc) is 2.69. The van der Waals surface area contributed by atoms with Crippen LogP contribution >= 0.6 is 0 Å². The van der Waals surface area contributed by atoms with Crippen LogP contribution in [0.2, 0.25) is 0 Å². The molecule has 2 aromatic rings. The van der Waals surface area contributed by atoms with E-state index in [-0.39, 0.29) is 0 Å². The van der Waals surface area contributed by atoms with Gasteiger partial charge in [0.1, 0.15) is 0 Å². The molecule has 92 valence electrons. The number of imidazole rings is 1. The van der Waals surface area contributed by atoms with Gasteiger partial charge in [-0.1, -0.05) is 6.92 Å². The zero-order valence-corrected chi connectivity index (χ0v) is 9.83. The highest BCUT2D eigenvalue weighted by atomic mass is 16.2. The van der Waals surface area contributed by atoms with Gasteiger partial charge in [0.15, 0.2) is 11.2 Å². The van der Waals surface area contributed by atoms with E-state index in [4.69, 9.17) is 0 Å². The van der Waals surface area contributed by atoms with Crippen molar-refractivity contribution < 1.29 is 0 Å². The molecule has 0 unspecified atom stereocenters. The predicted octanol–water partition coefficient (Wildman–Crippen LogP) is 0.255. The highest BCUT2D eigenvalue weighted by Crippen LogP contribution is 2.08. The van der Waals surface area contributed by atoms with Crippen LogP contribution in [-0.4, -0.2) is 26.1 Å². The number of aryl methyl sites for hydroxylation is 1. The smallest absolute Gasteiger partial charge is 0.330 e. The predicted molar refractivity (Wildman–Crippen MR) is 65.4 cm³/mol. The van der Waals surface area contributed by atoms with Crippen molar-refractivity contribution in [3.8, 4) is 0 Å². The molecule has 2 aromatic heterocycles. The fourth-order valence-electron chi connectivity index (χ4n) is 1.72. The van der Waals surface area contributed by atoms with Crippen LogP contribution in [0.5, 0.6) is 0 Å². The van der Waals surface area contributed by atoms with Crippen molar-refractivity contribution in [1.82, 2.24) is 19.5 Å². The summed E-state index contributed by atoms with van der Waals surface area (Å²) in [6, 6.07) is 0. The number of hydrogen-bond acceptors (Lipinski definition) is 4. The molecular weight excluding hydrogens is 222 g/mol. The van der Waals surface area contributed by atoms with E-state index in [1.807, 2.05) is 13.8 Å². The van der Waals surface area contributed by atoms with E-state index in [1.54, 1.807) is 0 Å². The number of aromatic nitrogens is 4. The van der Waals surface area contributed by atoms with Crippen LogP contribution in [0.15, 0.2) is 9.59 Å². The molecule has 0 bridgehead atoms. The second-order valence-corrected chi connectivity index (χ2v) is 3.73. The number of anilines is 1. The van der Waals surface area contributed by atoms with Gasteiger partial charge >= 0.3 is 5.69 Å². The molecule has 0 amide bonds. The van der Waals surface area contributed by atoms with E-state index >= 15 is 0 Å². The summed E-state index contributed by atoms with van der Waals surface area (Å²) in [5.74, 6) is 0.503. The number of nitrogens with zero attached hydrogens (tertiary/aromatic N) is 2. The third-order valence-corrected chi connectivity index (χ3v) is 2.42. The number of hydrogen-bond donors (Lipinski definition) is 3. The maximum absolute atomic E-state index is 11.6. The Morgan fingerprint density at radius 2 is 2.06 bits per heavy atom. The minimum atomic E-state index is -0.436. The van der Waals surface area contributed by atoms with E-state index in [0.29, 0.717) is 30.2 Å². The Labute approximate surface area is 96.9 Å². The summed E-state index contributed by atoms with van der Waals surface area (Å²) >= 11 is 0. The Hall–Kier alpha value is -2.05. The van der Waals surface area contributed by atoms with Gasteiger partial charge in [-0.05, 0) is 13.3 Å². The van der Waals surface area contributed by atoms with Gasteiger partial charge in [-0.25, -0.2) is 4.79 Å². The summed E-state index contributed by atoms with van der Waals surface area (Å²) in [4.78, 5) is 32.6. The SMILES string of the molecule is CCCn1c(=O)[nH]c(=O)c2[nH]c(NCC)nc21. The maximum Gasteiger partial charge on any atom is 0.330 e. The highest BCUT2D eigenvalue weighted by molar-refractivity contribution is 5.72. The summed E-state index contributed by atoms with van der Waals surface area (Å²) in [7, 11) is 0. The van der Waals surface area contributed by atoms with E-state index in [9.17, 15) is 9.59 Å². The fraction of sp³-hybridized carbons (Fsp3) is 0.500. The lowest BCUT2D eigenvalue weighted by Gasteiger charge is -2.02. The molecule has 0 radical (unpaired) electrons. The van der Waals surface area contributed by atoms with Gasteiger partial charge in [0.05, 0.1) is 0 Å². The van der Waals surface area contributed by atoms with Crippen molar-refractivity contribution in [2.45, 2.75) is 26.8 Å². The lowest BCUT2D eigenvalue weighted by atomic mass is 10.4. The Morgan fingerprint density at radius 1 is 1.29 bits per heavy atom. The molecular formula is C10H15N5O2. The third-order valence-electron chi connectivity index (χ3n) is 2.42. The Balaban J connectivity index is 2.71. The average molecular weight is 237 g/mol. The molecule has 0 aliphatic heterocycles. The summed E-state index contributed by atoms with van der Waals surface area (Å²) in [5, 5.41) is 2.98. The molecule has 2 rings (SSSR count). The van der Waals surface area contributed by atoms with Gasteiger partial charge in [-0.2, -0.15) is 4.98 Å². The summed E-state index contributed by atoms with van der Waals surface area (Å²) in [6.45, 7) is 5.11. The van der Waals surface area contributed by atoms with Crippen molar-refractivity contribution in [3.63, 3.8) is 0 Å². The van der Waals surface area contributed by atoms with Gasteiger partial charge in [0.25, 0.3) is 5.56 Å². The number of H-pyrrole nitrogens is 2. The fourth-order valence-corrected chi connectivity index (χ4v) is 1.72. The minimum Gasteiger partial charge on any atom is -0.356 e. The molecule has 0 saturated heterocycles. The Morgan fingerprint density at radius 3 is 2.71 bits per heavy atom. The van der Waals surface area contributed by atoms with Crippen molar-refractivity contribution >= 4 is 17.1 Å².